The number of hydrogen-bond acceptors (Lipinski definition) is 3. The van der Waals surface area contributed by atoms with Crippen LogP contribution in [0, 0.1) is 11.3 Å². The van der Waals surface area contributed by atoms with Gasteiger partial charge in [0.1, 0.15) is 6.54 Å². The number of benzene rings is 1. The molecule has 0 heterocycles. The molecule has 0 aliphatic rings. The molecule has 4 nitrogen and oxygen atoms in total. The van der Waals surface area contributed by atoms with Gasteiger partial charge in [0.25, 0.3) is 0 Å². The van der Waals surface area contributed by atoms with Crippen LogP contribution >= 0.6 is 15.9 Å². The quantitative estimate of drug-likeness (QED) is 0.813. The zero-order valence-electron chi connectivity index (χ0n) is 9.53. The highest BCUT2D eigenvalue weighted by Gasteiger charge is 2.07. The maximum atomic E-state index is 11.3. The van der Waals surface area contributed by atoms with Crippen molar-refractivity contribution in [2.24, 2.45) is 0 Å². The molecule has 0 aromatic heterocycles. The van der Waals surface area contributed by atoms with Gasteiger partial charge in [-0.1, -0.05) is 28.1 Å². The van der Waals surface area contributed by atoms with E-state index in [2.05, 4.69) is 26.6 Å². The van der Waals surface area contributed by atoms with Crippen molar-refractivity contribution in [1.29, 1.82) is 5.26 Å². The lowest BCUT2D eigenvalue weighted by Gasteiger charge is -2.13. The maximum absolute atomic E-state index is 11.3. The first-order valence-electron chi connectivity index (χ1n) is 5.26. The third-order valence-electron chi connectivity index (χ3n) is 2.28. The second kappa shape index (κ2) is 7.05. The molecule has 0 aliphatic carbocycles. The average Bonchev–Trinajstić information content (AvgIpc) is 2.33. The average molecular weight is 296 g/mol. The smallest absolute Gasteiger partial charge is 0.234 e. The van der Waals surface area contributed by atoms with Crippen molar-refractivity contribution in [2.45, 2.75) is 13.0 Å². The summed E-state index contributed by atoms with van der Waals surface area (Å²) < 4.78 is 1.01. The molecular formula is C12H14BrN3O. The number of nitrogens with one attached hydrogen (secondary N) is 2. The Morgan fingerprint density at radius 3 is 3.00 bits per heavy atom. The summed E-state index contributed by atoms with van der Waals surface area (Å²) >= 11 is 3.40. The van der Waals surface area contributed by atoms with Gasteiger partial charge in [-0.2, -0.15) is 5.26 Å². The minimum absolute atomic E-state index is 0.0474. The van der Waals surface area contributed by atoms with Crippen molar-refractivity contribution in [1.82, 2.24) is 10.6 Å². The Kier molecular flexibility index (Phi) is 5.67. The number of carbonyl (C=O) groups is 1. The van der Waals surface area contributed by atoms with Crippen LogP contribution in [0.5, 0.6) is 0 Å². The first kappa shape index (κ1) is 13.7. The monoisotopic (exact) mass is 295 g/mol. The van der Waals surface area contributed by atoms with Crippen LogP contribution in [0.25, 0.3) is 0 Å². The molecular weight excluding hydrogens is 282 g/mol. The Labute approximate surface area is 109 Å². The molecule has 90 valence electrons. The van der Waals surface area contributed by atoms with E-state index in [0.717, 1.165) is 10.0 Å². The molecule has 0 saturated carbocycles. The van der Waals surface area contributed by atoms with Crippen LogP contribution in [0.15, 0.2) is 28.7 Å². The summed E-state index contributed by atoms with van der Waals surface area (Å²) in [7, 11) is 0. The van der Waals surface area contributed by atoms with Gasteiger partial charge in [-0.05, 0) is 24.6 Å². The van der Waals surface area contributed by atoms with E-state index in [1.165, 1.54) is 0 Å². The van der Waals surface area contributed by atoms with Crippen LogP contribution in [-0.4, -0.2) is 19.0 Å². The van der Waals surface area contributed by atoms with E-state index in [4.69, 9.17) is 5.26 Å². The third kappa shape index (κ3) is 4.98. The van der Waals surface area contributed by atoms with Gasteiger partial charge >= 0.3 is 0 Å². The first-order chi connectivity index (χ1) is 8.13. The van der Waals surface area contributed by atoms with Crippen molar-refractivity contribution in [3.63, 3.8) is 0 Å². The highest BCUT2D eigenvalue weighted by atomic mass is 79.9. The number of rotatable bonds is 5. The molecule has 0 bridgehead atoms. The lowest BCUT2D eigenvalue weighted by molar-refractivity contribution is -0.120. The minimum atomic E-state index is -0.173. The van der Waals surface area contributed by atoms with Crippen LogP contribution in [0.4, 0.5) is 0 Å². The normalized spacial score (nSPS) is 11.6. The Hall–Kier alpha value is -1.38. The maximum Gasteiger partial charge on any atom is 0.234 e. The van der Waals surface area contributed by atoms with Crippen molar-refractivity contribution in [2.75, 3.05) is 13.1 Å². The number of nitrogens with zero attached hydrogens (tertiary/aromatic N) is 1. The molecule has 1 aromatic rings. The molecule has 17 heavy (non-hydrogen) atoms. The topological polar surface area (TPSA) is 64.9 Å². The fraction of sp³-hybridized carbons (Fsp3) is 0.333. The Balaban J connectivity index is 2.42. The number of amides is 1. The largest absolute Gasteiger partial charge is 0.342 e. The van der Waals surface area contributed by atoms with Gasteiger partial charge in [-0.25, -0.2) is 0 Å². The van der Waals surface area contributed by atoms with E-state index in [9.17, 15) is 4.79 Å². The van der Waals surface area contributed by atoms with Gasteiger partial charge in [0, 0.05) is 10.5 Å². The summed E-state index contributed by atoms with van der Waals surface area (Å²) in [5.41, 5.74) is 1.10. The molecule has 0 radical (unpaired) electrons. The standard InChI is InChI=1S/C12H14BrN3O/c1-9(10-3-2-4-11(13)7-10)16-8-12(17)15-6-5-14/h2-4,7,9,16H,6,8H2,1H3,(H,15,17). The molecule has 0 aliphatic heterocycles. The summed E-state index contributed by atoms with van der Waals surface area (Å²) in [6.45, 7) is 2.24. The molecule has 0 spiro atoms. The Morgan fingerprint density at radius 2 is 2.35 bits per heavy atom. The fourth-order valence-corrected chi connectivity index (χ4v) is 1.76. The SMILES string of the molecule is CC(NCC(=O)NCC#N)c1cccc(Br)c1. The summed E-state index contributed by atoms with van der Waals surface area (Å²) in [5.74, 6) is -0.173. The lowest BCUT2D eigenvalue weighted by Crippen LogP contribution is -2.35. The predicted molar refractivity (Wildman–Crippen MR) is 69.2 cm³/mol. The van der Waals surface area contributed by atoms with E-state index in [1.54, 1.807) is 0 Å². The van der Waals surface area contributed by atoms with Gasteiger partial charge in [-0.15, -0.1) is 0 Å². The van der Waals surface area contributed by atoms with Crippen LogP contribution in [0.2, 0.25) is 0 Å². The van der Waals surface area contributed by atoms with Gasteiger partial charge in [0.05, 0.1) is 12.6 Å². The Bertz CT molecular complexity index is 428. The van der Waals surface area contributed by atoms with E-state index in [1.807, 2.05) is 37.3 Å². The summed E-state index contributed by atoms with van der Waals surface area (Å²) in [5, 5.41) is 13.9. The zero-order chi connectivity index (χ0) is 12.7. The van der Waals surface area contributed by atoms with Crippen LogP contribution < -0.4 is 10.6 Å². The number of nitriles is 1. The molecule has 1 atom stereocenters. The molecule has 0 saturated heterocycles. The number of hydrogen-bond donors (Lipinski definition) is 2. The zero-order valence-corrected chi connectivity index (χ0v) is 11.1. The molecule has 1 amide bonds. The summed E-state index contributed by atoms with van der Waals surface area (Å²) in [6, 6.07) is 9.85. The highest BCUT2D eigenvalue weighted by Crippen LogP contribution is 2.17. The summed E-state index contributed by atoms with van der Waals surface area (Å²) in [4.78, 5) is 11.3. The van der Waals surface area contributed by atoms with Crippen LogP contribution in [0.3, 0.4) is 0 Å². The van der Waals surface area contributed by atoms with E-state index >= 15 is 0 Å². The van der Waals surface area contributed by atoms with Crippen molar-refractivity contribution >= 4 is 21.8 Å². The number of carbonyl (C=O) groups excluding carboxylic acids is 1. The Morgan fingerprint density at radius 1 is 1.59 bits per heavy atom. The van der Waals surface area contributed by atoms with Crippen molar-refractivity contribution < 1.29 is 4.79 Å². The van der Waals surface area contributed by atoms with Gasteiger partial charge in [0.2, 0.25) is 5.91 Å². The first-order valence-corrected chi connectivity index (χ1v) is 6.05. The minimum Gasteiger partial charge on any atom is -0.342 e. The third-order valence-corrected chi connectivity index (χ3v) is 2.78. The lowest BCUT2D eigenvalue weighted by atomic mass is 10.1. The predicted octanol–water partition coefficient (Wildman–Crippen LogP) is 1.74. The second-order valence-electron chi connectivity index (χ2n) is 3.59. The molecule has 2 N–H and O–H groups in total. The van der Waals surface area contributed by atoms with Crippen molar-refractivity contribution in [3.8, 4) is 6.07 Å². The van der Waals surface area contributed by atoms with E-state index in [0.29, 0.717) is 0 Å². The van der Waals surface area contributed by atoms with Crippen LogP contribution in [-0.2, 0) is 4.79 Å². The molecule has 1 aromatic carbocycles. The second-order valence-corrected chi connectivity index (χ2v) is 4.51. The van der Waals surface area contributed by atoms with E-state index < -0.39 is 0 Å². The summed E-state index contributed by atoms with van der Waals surface area (Å²) in [6.07, 6.45) is 0. The van der Waals surface area contributed by atoms with Gasteiger partial charge in [0.15, 0.2) is 0 Å². The van der Waals surface area contributed by atoms with Gasteiger partial charge < -0.3 is 10.6 Å². The molecule has 1 unspecified atom stereocenters. The van der Waals surface area contributed by atoms with Crippen molar-refractivity contribution in [3.05, 3.63) is 34.3 Å². The molecule has 5 heteroatoms. The van der Waals surface area contributed by atoms with Gasteiger partial charge in [-0.3, -0.25) is 4.79 Å². The molecule has 0 fully saturated rings. The number of halogens is 1. The van der Waals surface area contributed by atoms with E-state index in [-0.39, 0.29) is 25.0 Å². The highest BCUT2D eigenvalue weighted by molar-refractivity contribution is 9.10. The van der Waals surface area contributed by atoms with Crippen LogP contribution in [0.1, 0.15) is 18.5 Å². The fourth-order valence-electron chi connectivity index (χ4n) is 1.34. The molecule has 1 rings (SSSR count).